The molecule has 0 aromatic carbocycles. The molecule has 416 valence electrons. The smallest absolute Gasteiger partial charge is 0.444 e. The van der Waals surface area contributed by atoms with Gasteiger partial charge in [0.25, 0.3) is 0 Å². The molecular formula is C45H71BrF12N4O9. The normalized spacial score (nSPS) is 19.8. The van der Waals surface area contributed by atoms with Gasteiger partial charge in [-0.2, -0.15) is 52.7 Å². The number of amides is 2. The predicted octanol–water partition coefficient (Wildman–Crippen LogP) is 9.66. The number of nitrogens with zero attached hydrogens (tertiary/aromatic N) is 2. The van der Waals surface area contributed by atoms with Crippen molar-refractivity contribution >= 4 is 39.7 Å². The molecule has 71 heavy (non-hydrogen) atoms. The minimum absolute atomic E-state index is 0.0708. The highest BCUT2D eigenvalue weighted by molar-refractivity contribution is 9.09. The van der Waals surface area contributed by atoms with Crippen LogP contribution >= 0.6 is 15.9 Å². The lowest BCUT2D eigenvalue weighted by atomic mass is 9.84. The second-order valence-corrected chi connectivity index (χ2v) is 20.5. The summed E-state index contributed by atoms with van der Waals surface area (Å²) in [7, 11) is 0. The standard InChI is InChI=1S/C14H22F3NO3.C10H17NO3.C9H16F3NO.C9H14F3NO.C3H2BrF3O/c1-10(14(15,16)17)9-13(20)5-7-18(8-6-13)11(19)21-12(2,3)4;1-10(2,3)14-9(13)11-6-4-8(12)5-7-11;2*1-7(9(10,11)12)6-8(14)2-4-13-5-3-8;4-1-2(8)3(5,6)7/h20H,1,5-9H2,2-4H3;4-7H2,1-3H3;7,13-14H,2-6H2,1H3;13-14H,1-6H2;1H2. The molecule has 4 fully saturated rings. The highest BCUT2D eigenvalue weighted by Gasteiger charge is 2.44. The van der Waals surface area contributed by atoms with Crippen LogP contribution in [0.3, 0.4) is 0 Å². The molecule has 1 unspecified atom stereocenters. The summed E-state index contributed by atoms with van der Waals surface area (Å²) in [6, 6.07) is 0. The Bertz CT molecular complexity index is 1700. The molecule has 0 spiro atoms. The average Bonchev–Trinajstić information content (AvgIpc) is 3.19. The summed E-state index contributed by atoms with van der Waals surface area (Å²) in [5.41, 5.74) is -6.70. The van der Waals surface area contributed by atoms with Crippen LogP contribution in [0.25, 0.3) is 0 Å². The summed E-state index contributed by atoms with van der Waals surface area (Å²) in [6.45, 7) is 21.4. The van der Waals surface area contributed by atoms with Crippen LogP contribution in [0.15, 0.2) is 24.3 Å². The number of carbonyl (C=O) groups excluding carboxylic acids is 4. The van der Waals surface area contributed by atoms with Gasteiger partial charge in [0, 0.05) is 63.0 Å². The molecule has 4 aliphatic rings. The third-order valence-corrected chi connectivity index (χ3v) is 11.5. The van der Waals surface area contributed by atoms with Crippen LogP contribution in [0.5, 0.6) is 0 Å². The van der Waals surface area contributed by atoms with Crippen LogP contribution < -0.4 is 10.6 Å². The summed E-state index contributed by atoms with van der Waals surface area (Å²) in [5, 5.41) is 35.2. The minimum Gasteiger partial charge on any atom is -0.444 e. The van der Waals surface area contributed by atoms with Gasteiger partial charge in [-0.05, 0) is 113 Å². The highest BCUT2D eigenvalue weighted by atomic mass is 79.9. The van der Waals surface area contributed by atoms with Crippen molar-refractivity contribution in [3.8, 4) is 0 Å². The number of carbonyl (C=O) groups is 4. The Morgan fingerprint density at radius 3 is 1.21 bits per heavy atom. The first-order chi connectivity index (χ1) is 31.9. The molecule has 2 amide bonds. The zero-order valence-corrected chi connectivity index (χ0v) is 42.8. The maximum atomic E-state index is 12.5. The van der Waals surface area contributed by atoms with Gasteiger partial charge in [-0.1, -0.05) is 36.0 Å². The number of piperidine rings is 4. The lowest BCUT2D eigenvalue weighted by Gasteiger charge is -2.39. The third-order valence-electron chi connectivity index (χ3n) is 11.0. The maximum absolute atomic E-state index is 12.5. The zero-order chi connectivity index (χ0) is 55.7. The van der Waals surface area contributed by atoms with Gasteiger partial charge < -0.3 is 45.2 Å². The molecule has 1 atom stereocenters. The van der Waals surface area contributed by atoms with Crippen LogP contribution in [0, 0.1) is 5.92 Å². The van der Waals surface area contributed by atoms with Gasteiger partial charge in [0.15, 0.2) is 0 Å². The molecule has 0 aliphatic carbocycles. The quantitative estimate of drug-likeness (QED) is 0.0932. The lowest BCUT2D eigenvalue weighted by Crippen LogP contribution is -2.48. The van der Waals surface area contributed by atoms with Gasteiger partial charge in [-0.25, -0.2) is 9.59 Å². The fraction of sp³-hybridized carbons (Fsp3) is 0.822. The average molecular weight is 1120 g/mol. The number of halogens is 13. The van der Waals surface area contributed by atoms with E-state index in [1.807, 2.05) is 20.8 Å². The molecule has 5 N–H and O–H groups in total. The van der Waals surface area contributed by atoms with E-state index in [2.05, 4.69) is 39.7 Å². The summed E-state index contributed by atoms with van der Waals surface area (Å²) in [5.74, 6) is -2.95. The molecule has 4 aliphatic heterocycles. The van der Waals surface area contributed by atoms with Crippen LogP contribution in [-0.2, 0) is 19.1 Å². The molecule has 26 heteroatoms. The van der Waals surface area contributed by atoms with Crippen molar-refractivity contribution in [3.05, 3.63) is 24.3 Å². The Hall–Kier alpha value is -3.20. The van der Waals surface area contributed by atoms with Crippen molar-refractivity contribution in [1.29, 1.82) is 0 Å². The van der Waals surface area contributed by atoms with Crippen molar-refractivity contribution in [2.45, 2.75) is 172 Å². The van der Waals surface area contributed by atoms with E-state index < -0.39 is 93.4 Å². The number of hydrogen-bond acceptors (Lipinski definition) is 11. The molecule has 0 bridgehead atoms. The number of hydrogen-bond donors (Lipinski definition) is 5. The number of alkyl halides is 13. The van der Waals surface area contributed by atoms with E-state index in [0.29, 0.717) is 77.8 Å². The first kappa shape index (κ1) is 67.8. The molecule has 4 saturated heterocycles. The number of aliphatic hydroxyl groups is 3. The first-order valence-electron chi connectivity index (χ1n) is 22.6. The van der Waals surface area contributed by atoms with Gasteiger partial charge in [0.2, 0.25) is 5.78 Å². The van der Waals surface area contributed by atoms with E-state index in [4.69, 9.17) is 9.47 Å². The van der Waals surface area contributed by atoms with E-state index in [9.17, 15) is 87.2 Å². The third kappa shape index (κ3) is 29.3. The van der Waals surface area contributed by atoms with Gasteiger partial charge in [0.1, 0.15) is 17.0 Å². The number of rotatable bonds is 7. The summed E-state index contributed by atoms with van der Waals surface area (Å²) < 4.78 is 154. The Kier molecular flexibility index (Phi) is 26.7. The molecule has 0 radical (unpaired) electrons. The van der Waals surface area contributed by atoms with E-state index in [0.717, 1.165) is 6.92 Å². The number of ketones is 2. The topological polar surface area (TPSA) is 178 Å². The van der Waals surface area contributed by atoms with Crippen molar-refractivity contribution in [2.24, 2.45) is 5.92 Å². The first-order valence-corrected chi connectivity index (χ1v) is 23.8. The van der Waals surface area contributed by atoms with Crippen LogP contribution in [0.4, 0.5) is 62.3 Å². The van der Waals surface area contributed by atoms with Gasteiger partial charge in [0.05, 0.1) is 28.1 Å². The van der Waals surface area contributed by atoms with E-state index in [1.54, 1.807) is 25.7 Å². The highest BCUT2D eigenvalue weighted by Crippen LogP contribution is 2.37. The molecule has 0 saturated carbocycles. The van der Waals surface area contributed by atoms with E-state index in [1.165, 1.54) is 4.90 Å². The van der Waals surface area contributed by atoms with Crippen LogP contribution in [0.1, 0.15) is 119 Å². The number of ether oxygens (including phenoxy) is 2. The fourth-order valence-electron chi connectivity index (χ4n) is 6.80. The molecule has 13 nitrogen and oxygen atoms in total. The number of Topliss-reactive ketones (excluding diaryl/α,β-unsaturated/α-hetero) is 2. The lowest BCUT2D eigenvalue weighted by molar-refractivity contribution is -0.185. The number of nitrogens with one attached hydrogen (secondary N) is 2. The Balaban J connectivity index is 0.000000888. The largest absolute Gasteiger partial charge is 0.450 e. The van der Waals surface area contributed by atoms with Gasteiger partial charge in [-0.15, -0.1) is 0 Å². The molecule has 4 heterocycles. The zero-order valence-electron chi connectivity index (χ0n) is 41.2. The van der Waals surface area contributed by atoms with E-state index in [-0.39, 0.29) is 50.6 Å². The number of likely N-dealkylation sites (tertiary alicyclic amines) is 2. The Morgan fingerprint density at radius 2 is 0.930 bits per heavy atom. The Labute approximate surface area is 415 Å². The van der Waals surface area contributed by atoms with Gasteiger partial charge in [-0.3, -0.25) is 9.59 Å². The molecule has 0 aromatic rings. The summed E-state index contributed by atoms with van der Waals surface area (Å²) in [6.07, 6.45) is -17.1. The molecule has 4 rings (SSSR count). The van der Waals surface area contributed by atoms with Crippen molar-refractivity contribution in [1.82, 2.24) is 20.4 Å². The maximum Gasteiger partial charge on any atom is 0.450 e. The monoisotopic (exact) mass is 1120 g/mol. The van der Waals surface area contributed by atoms with Crippen molar-refractivity contribution in [3.63, 3.8) is 0 Å². The van der Waals surface area contributed by atoms with Crippen molar-refractivity contribution < 1.29 is 96.7 Å². The second kappa shape index (κ2) is 27.9. The summed E-state index contributed by atoms with van der Waals surface area (Å²) >= 11 is 2.38. The fourth-order valence-corrected chi connectivity index (χ4v) is 7.11. The molecular weight excluding hydrogens is 1050 g/mol. The molecule has 0 aromatic heterocycles. The van der Waals surface area contributed by atoms with Gasteiger partial charge >= 0.3 is 36.9 Å². The van der Waals surface area contributed by atoms with Crippen molar-refractivity contribution in [2.75, 3.05) is 57.7 Å². The predicted molar refractivity (Wildman–Crippen MR) is 242 cm³/mol. The Morgan fingerprint density at radius 1 is 0.606 bits per heavy atom. The second-order valence-electron chi connectivity index (χ2n) is 19.9. The van der Waals surface area contributed by atoms with Crippen LogP contribution in [-0.4, -0.2) is 159 Å². The SMILES string of the molecule is C=C(CC1(O)CCN(C(=O)OC(C)(C)C)CC1)C(F)(F)F.C=C(CC1(O)CCNCC1)C(F)(F)F.CC(C)(C)OC(=O)N1CCC(=O)CC1.CC(CC1(O)CCNCC1)C(F)(F)F.O=C(CBr)C(F)(F)F. The van der Waals surface area contributed by atoms with Crippen LogP contribution in [0.2, 0.25) is 0 Å². The minimum atomic E-state index is -4.68. The summed E-state index contributed by atoms with van der Waals surface area (Å²) in [4.78, 5) is 46.9. The van der Waals surface area contributed by atoms with E-state index >= 15 is 0 Å².